The van der Waals surface area contributed by atoms with Gasteiger partial charge in [-0.05, 0) is 60.7 Å². The minimum atomic E-state index is -1.44. The molecule has 202 valence electrons. The van der Waals surface area contributed by atoms with Crippen LogP contribution in [-0.4, -0.2) is 27.6 Å². The molecule has 4 aromatic rings. The van der Waals surface area contributed by atoms with Crippen molar-refractivity contribution in [1.82, 2.24) is 0 Å². The third-order valence-corrected chi connectivity index (χ3v) is 8.12. The molecule has 0 bridgehead atoms. The molecule has 0 fully saturated rings. The summed E-state index contributed by atoms with van der Waals surface area (Å²) >= 11 is 0. The monoisotopic (exact) mass is 565 g/mol. The summed E-state index contributed by atoms with van der Waals surface area (Å²) in [6, 6.07) is 30.7. The number of nitrogens with two attached hydrogens (primary N) is 1. The Balaban J connectivity index is 1.58. The van der Waals surface area contributed by atoms with Crippen molar-refractivity contribution in [2.45, 2.75) is 39.3 Å². The van der Waals surface area contributed by atoms with Crippen LogP contribution in [0.15, 0.2) is 101 Å². The first-order valence-corrected chi connectivity index (χ1v) is 20.9. The molecule has 5 rings (SSSR count). The Morgan fingerprint density at radius 2 is 0.927 bits per heavy atom. The van der Waals surface area contributed by atoms with Crippen molar-refractivity contribution < 1.29 is 0 Å². The predicted octanol–water partition coefficient (Wildman–Crippen LogP) is 8.38. The maximum Gasteiger partial charge on any atom is 0.129 e. The van der Waals surface area contributed by atoms with E-state index in [1.807, 2.05) is 54.6 Å². The lowest BCUT2D eigenvalue weighted by atomic mass is 9.82. The van der Waals surface area contributed by atoms with Gasteiger partial charge in [0.2, 0.25) is 0 Å². The van der Waals surface area contributed by atoms with E-state index < -0.39 is 16.1 Å². The quantitative estimate of drug-likeness (QED) is 0.130. The van der Waals surface area contributed by atoms with Crippen LogP contribution in [0.1, 0.15) is 33.4 Å². The molecule has 4 aromatic carbocycles. The SMILES string of the molecule is C[Si](C)(C)C#Cc1ccc(N=C2c3ccccc3C(=Nc3ccc(C#C[Si](C)(C)C)cc3)c3cc(N)ccc32)cc1. The molecule has 0 saturated heterocycles. The van der Waals surface area contributed by atoms with E-state index in [9.17, 15) is 0 Å². The average molecular weight is 566 g/mol. The molecule has 0 aromatic heterocycles. The highest BCUT2D eigenvalue weighted by molar-refractivity contribution is 6.84. The van der Waals surface area contributed by atoms with Crippen molar-refractivity contribution in [1.29, 1.82) is 0 Å². The van der Waals surface area contributed by atoms with E-state index in [2.05, 4.69) is 98.6 Å². The van der Waals surface area contributed by atoms with Gasteiger partial charge in [0, 0.05) is 39.1 Å². The number of aliphatic imine (C=N–C) groups is 2. The summed E-state index contributed by atoms with van der Waals surface area (Å²) in [4.78, 5) is 10.3. The van der Waals surface area contributed by atoms with Crippen molar-refractivity contribution in [3.8, 4) is 22.9 Å². The lowest BCUT2D eigenvalue weighted by Gasteiger charge is -2.24. The number of hydrogen-bond donors (Lipinski definition) is 1. The van der Waals surface area contributed by atoms with E-state index in [0.717, 1.165) is 56.2 Å². The van der Waals surface area contributed by atoms with Gasteiger partial charge in [-0.2, -0.15) is 0 Å². The van der Waals surface area contributed by atoms with Crippen LogP contribution in [0.3, 0.4) is 0 Å². The van der Waals surface area contributed by atoms with Gasteiger partial charge in [0.25, 0.3) is 0 Å². The molecule has 0 aliphatic heterocycles. The lowest BCUT2D eigenvalue weighted by molar-refractivity contribution is 1.40. The van der Waals surface area contributed by atoms with Crippen LogP contribution in [0, 0.1) is 22.9 Å². The van der Waals surface area contributed by atoms with E-state index in [1.54, 1.807) is 0 Å². The van der Waals surface area contributed by atoms with Gasteiger partial charge in [-0.1, -0.05) is 81.5 Å². The summed E-state index contributed by atoms with van der Waals surface area (Å²) in [5, 5.41) is 0. The van der Waals surface area contributed by atoms with Gasteiger partial charge in [-0.3, -0.25) is 0 Å². The second kappa shape index (κ2) is 11.2. The summed E-state index contributed by atoms with van der Waals surface area (Å²) in [7, 11) is -2.87. The standard InChI is InChI=1S/C36H35N3Si2/c1-40(2,3)23-21-26-11-16-29(17-12-26)38-35-31-9-7-8-10-32(31)36(34-25-28(37)15-20-33(34)35)39-30-18-13-27(14-19-30)22-24-41(4,5)6/h7-20,25H,37H2,1-6H3. The molecule has 0 atom stereocenters. The molecule has 2 N–H and O–H groups in total. The van der Waals surface area contributed by atoms with Gasteiger partial charge in [-0.15, -0.1) is 11.1 Å². The molecular formula is C36H35N3Si2. The van der Waals surface area contributed by atoms with Gasteiger partial charge in [0.05, 0.1) is 22.8 Å². The second-order valence-electron chi connectivity index (χ2n) is 12.4. The first-order valence-electron chi connectivity index (χ1n) is 13.9. The van der Waals surface area contributed by atoms with Crippen LogP contribution < -0.4 is 5.73 Å². The fourth-order valence-electron chi connectivity index (χ4n) is 4.41. The van der Waals surface area contributed by atoms with E-state index in [-0.39, 0.29) is 0 Å². The van der Waals surface area contributed by atoms with Crippen molar-refractivity contribution in [2.75, 3.05) is 5.73 Å². The van der Waals surface area contributed by atoms with E-state index in [4.69, 9.17) is 15.7 Å². The van der Waals surface area contributed by atoms with Crippen LogP contribution >= 0.6 is 0 Å². The highest BCUT2D eigenvalue weighted by Gasteiger charge is 2.27. The summed E-state index contributed by atoms with van der Waals surface area (Å²) in [5.74, 6) is 6.65. The van der Waals surface area contributed by atoms with Gasteiger partial charge >= 0.3 is 0 Å². The molecule has 0 amide bonds. The van der Waals surface area contributed by atoms with Crippen molar-refractivity contribution in [2.24, 2.45) is 9.98 Å². The molecule has 0 saturated carbocycles. The Hall–Kier alpha value is -4.43. The summed E-state index contributed by atoms with van der Waals surface area (Å²) < 4.78 is 0. The zero-order valence-corrected chi connectivity index (χ0v) is 26.6. The molecule has 0 heterocycles. The Morgan fingerprint density at radius 1 is 0.512 bits per heavy atom. The Kier molecular flexibility index (Phi) is 7.69. The minimum absolute atomic E-state index is 0.692. The highest BCUT2D eigenvalue weighted by atomic mass is 28.3. The molecule has 0 unspecified atom stereocenters. The second-order valence-corrected chi connectivity index (χ2v) is 21.9. The number of fused-ring (bicyclic) bond motifs is 2. The molecule has 3 nitrogen and oxygen atoms in total. The van der Waals surface area contributed by atoms with Crippen LogP contribution in [0.25, 0.3) is 0 Å². The zero-order valence-electron chi connectivity index (χ0n) is 24.6. The van der Waals surface area contributed by atoms with Crippen molar-refractivity contribution in [3.63, 3.8) is 0 Å². The Morgan fingerprint density at radius 3 is 1.37 bits per heavy atom. The maximum absolute atomic E-state index is 6.30. The molecule has 0 spiro atoms. The normalized spacial score (nSPS) is 14.4. The number of rotatable bonds is 2. The lowest BCUT2D eigenvalue weighted by Crippen LogP contribution is -2.22. The largest absolute Gasteiger partial charge is 0.399 e. The molecule has 1 aliphatic carbocycles. The third-order valence-electron chi connectivity index (χ3n) is 6.37. The molecular weight excluding hydrogens is 531 g/mol. The first-order chi connectivity index (χ1) is 19.4. The summed E-state index contributed by atoms with van der Waals surface area (Å²) in [6.07, 6.45) is 0. The van der Waals surface area contributed by atoms with Crippen molar-refractivity contribution in [3.05, 3.63) is 124 Å². The fourth-order valence-corrected chi connectivity index (χ4v) is 5.45. The number of anilines is 1. The molecule has 1 aliphatic rings. The van der Waals surface area contributed by atoms with Crippen LogP contribution in [0.5, 0.6) is 0 Å². The molecule has 5 heteroatoms. The van der Waals surface area contributed by atoms with E-state index in [1.165, 1.54) is 0 Å². The smallest absolute Gasteiger partial charge is 0.129 e. The first kappa shape index (κ1) is 28.1. The summed E-state index contributed by atoms with van der Waals surface area (Å²) in [5.41, 5.74) is 23.5. The fraction of sp³-hybridized carbons (Fsp3) is 0.167. The van der Waals surface area contributed by atoms with Gasteiger partial charge in [0.15, 0.2) is 0 Å². The average Bonchev–Trinajstić information content (AvgIpc) is 2.93. The minimum Gasteiger partial charge on any atom is -0.399 e. The number of hydrogen-bond acceptors (Lipinski definition) is 3. The van der Waals surface area contributed by atoms with Gasteiger partial charge in [-0.25, -0.2) is 9.98 Å². The highest BCUT2D eigenvalue weighted by Crippen LogP contribution is 2.33. The Labute approximate surface area is 246 Å². The van der Waals surface area contributed by atoms with Crippen LogP contribution in [0.4, 0.5) is 17.1 Å². The van der Waals surface area contributed by atoms with Gasteiger partial charge < -0.3 is 5.73 Å². The predicted molar refractivity (Wildman–Crippen MR) is 181 cm³/mol. The topological polar surface area (TPSA) is 50.7 Å². The molecule has 0 radical (unpaired) electrons. The number of benzene rings is 4. The zero-order chi connectivity index (χ0) is 29.2. The molecule has 41 heavy (non-hydrogen) atoms. The van der Waals surface area contributed by atoms with E-state index >= 15 is 0 Å². The number of nitrogen functional groups attached to an aromatic ring is 1. The maximum atomic E-state index is 6.30. The van der Waals surface area contributed by atoms with Crippen LogP contribution in [-0.2, 0) is 0 Å². The third kappa shape index (κ3) is 7.02. The number of nitrogens with zero attached hydrogens (tertiary/aromatic N) is 2. The van der Waals surface area contributed by atoms with Crippen molar-refractivity contribution >= 4 is 44.6 Å². The van der Waals surface area contributed by atoms with Gasteiger partial charge in [0.1, 0.15) is 16.1 Å². The van der Waals surface area contributed by atoms with E-state index in [0.29, 0.717) is 5.69 Å². The van der Waals surface area contributed by atoms with Crippen LogP contribution in [0.2, 0.25) is 39.3 Å². The summed E-state index contributed by atoms with van der Waals surface area (Å²) in [6.45, 7) is 13.5. The Bertz CT molecular complexity index is 1790.